The third-order valence-electron chi connectivity index (χ3n) is 3.84. The van der Waals surface area contributed by atoms with Gasteiger partial charge in [0.1, 0.15) is 0 Å². The van der Waals surface area contributed by atoms with Crippen LogP contribution in [0, 0.1) is 17.2 Å². The molecular weight excluding hydrogens is 222 g/mol. The number of nitrogens with zero attached hydrogens (tertiary/aromatic N) is 2. The number of rotatable bonds is 4. The maximum Gasteiger partial charge on any atom is 0.0995 e. The van der Waals surface area contributed by atoms with Crippen molar-refractivity contribution in [3.8, 4) is 6.07 Å². The second-order valence-corrected chi connectivity index (χ2v) is 4.96. The SMILES string of the molecule is CCCN1CCC(CN)C1c1ccccc1C#N. The van der Waals surface area contributed by atoms with E-state index in [9.17, 15) is 5.26 Å². The third-order valence-corrected chi connectivity index (χ3v) is 3.84. The monoisotopic (exact) mass is 243 g/mol. The number of likely N-dealkylation sites (tertiary alicyclic amines) is 1. The van der Waals surface area contributed by atoms with Crippen LogP contribution in [0.2, 0.25) is 0 Å². The molecule has 1 aliphatic heterocycles. The van der Waals surface area contributed by atoms with E-state index in [4.69, 9.17) is 5.73 Å². The van der Waals surface area contributed by atoms with E-state index in [2.05, 4.69) is 24.0 Å². The van der Waals surface area contributed by atoms with Gasteiger partial charge in [-0.15, -0.1) is 0 Å². The molecule has 1 aromatic rings. The number of hydrogen-bond acceptors (Lipinski definition) is 3. The highest BCUT2D eigenvalue weighted by molar-refractivity contribution is 5.40. The maximum atomic E-state index is 9.25. The van der Waals surface area contributed by atoms with Gasteiger partial charge in [0.25, 0.3) is 0 Å². The molecule has 18 heavy (non-hydrogen) atoms. The molecule has 0 saturated carbocycles. The van der Waals surface area contributed by atoms with E-state index < -0.39 is 0 Å². The van der Waals surface area contributed by atoms with Crippen LogP contribution in [0.25, 0.3) is 0 Å². The lowest BCUT2D eigenvalue weighted by Gasteiger charge is -2.28. The first-order valence-corrected chi connectivity index (χ1v) is 6.75. The standard InChI is InChI=1S/C15H21N3/c1-2-8-18-9-7-13(11-17)15(18)14-6-4-3-5-12(14)10-16/h3-6,13,15H,2,7-9,11,17H2,1H3. The molecule has 0 spiro atoms. The lowest BCUT2D eigenvalue weighted by molar-refractivity contribution is 0.230. The predicted molar refractivity (Wildman–Crippen MR) is 72.9 cm³/mol. The topological polar surface area (TPSA) is 53.0 Å². The summed E-state index contributed by atoms with van der Waals surface area (Å²) in [5.41, 5.74) is 7.85. The normalized spacial score (nSPS) is 24.1. The summed E-state index contributed by atoms with van der Waals surface area (Å²) in [4.78, 5) is 2.48. The molecule has 0 aliphatic carbocycles. The minimum Gasteiger partial charge on any atom is -0.330 e. The average molecular weight is 243 g/mol. The summed E-state index contributed by atoms with van der Waals surface area (Å²) in [5, 5.41) is 9.25. The van der Waals surface area contributed by atoms with Crippen LogP contribution >= 0.6 is 0 Å². The summed E-state index contributed by atoms with van der Waals surface area (Å²) in [6.07, 6.45) is 2.28. The first kappa shape index (κ1) is 13.1. The van der Waals surface area contributed by atoms with E-state index in [-0.39, 0.29) is 0 Å². The molecule has 96 valence electrons. The lowest BCUT2D eigenvalue weighted by Crippen LogP contribution is -2.29. The van der Waals surface area contributed by atoms with Gasteiger partial charge in [-0.1, -0.05) is 25.1 Å². The minimum absolute atomic E-state index is 0.325. The average Bonchev–Trinajstić information content (AvgIpc) is 2.82. The number of hydrogen-bond donors (Lipinski definition) is 1. The Labute approximate surface area is 109 Å². The number of nitrogens with two attached hydrogens (primary N) is 1. The van der Waals surface area contributed by atoms with Gasteiger partial charge < -0.3 is 5.73 Å². The first-order chi connectivity index (χ1) is 8.81. The van der Waals surface area contributed by atoms with Crippen LogP contribution in [-0.4, -0.2) is 24.5 Å². The van der Waals surface area contributed by atoms with Crippen molar-refractivity contribution in [2.75, 3.05) is 19.6 Å². The Balaban J connectivity index is 2.35. The summed E-state index contributed by atoms with van der Waals surface area (Å²) in [6.45, 7) is 5.08. The molecule has 1 saturated heterocycles. The highest BCUT2D eigenvalue weighted by Gasteiger charge is 2.34. The summed E-state index contributed by atoms with van der Waals surface area (Å²) in [7, 11) is 0. The van der Waals surface area contributed by atoms with Gasteiger partial charge in [-0.05, 0) is 50.0 Å². The van der Waals surface area contributed by atoms with Gasteiger partial charge in [-0.25, -0.2) is 0 Å². The van der Waals surface area contributed by atoms with Crippen molar-refractivity contribution in [1.82, 2.24) is 4.90 Å². The molecule has 1 aromatic carbocycles. The Bertz CT molecular complexity index is 436. The predicted octanol–water partition coefficient (Wildman–Crippen LogP) is 2.29. The van der Waals surface area contributed by atoms with Crippen LogP contribution in [0.15, 0.2) is 24.3 Å². The molecule has 2 unspecified atom stereocenters. The van der Waals surface area contributed by atoms with Crippen molar-refractivity contribution in [2.45, 2.75) is 25.8 Å². The van der Waals surface area contributed by atoms with Crippen LogP contribution in [-0.2, 0) is 0 Å². The zero-order valence-corrected chi connectivity index (χ0v) is 11.0. The Morgan fingerprint density at radius 1 is 1.44 bits per heavy atom. The largest absolute Gasteiger partial charge is 0.330 e. The Kier molecular flexibility index (Phi) is 4.35. The van der Waals surface area contributed by atoms with Gasteiger partial charge in [-0.2, -0.15) is 5.26 Å². The van der Waals surface area contributed by atoms with Crippen LogP contribution in [0.5, 0.6) is 0 Å². The van der Waals surface area contributed by atoms with Crippen LogP contribution < -0.4 is 5.73 Å². The minimum atomic E-state index is 0.325. The highest BCUT2D eigenvalue weighted by Crippen LogP contribution is 2.37. The molecular formula is C15H21N3. The fourth-order valence-corrected chi connectivity index (χ4v) is 3.02. The Hall–Kier alpha value is -1.37. The van der Waals surface area contributed by atoms with Crippen LogP contribution in [0.1, 0.15) is 36.9 Å². The van der Waals surface area contributed by atoms with Crippen molar-refractivity contribution >= 4 is 0 Å². The van der Waals surface area contributed by atoms with Crippen molar-refractivity contribution in [2.24, 2.45) is 11.7 Å². The second-order valence-electron chi connectivity index (χ2n) is 4.96. The van der Waals surface area contributed by atoms with E-state index >= 15 is 0 Å². The first-order valence-electron chi connectivity index (χ1n) is 6.75. The molecule has 1 fully saturated rings. The fraction of sp³-hybridized carbons (Fsp3) is 0.533. The van der Waals surface area contributed by atoms with E-state index in [0.29, 0.717) is 18.5 Å². The molecule has 0 aromatic heterocycles. The van der Waals surface area contributed by atoms with Crippen molar-refractivity contribution < 1.29 is 0 Å². The van der Waals surface area contributed by atoms with E-state index in [1.807, 2.05) is 18.2 Å². The summed E-state index contributed by atoms with van der Waals surface area (Å²) >= 11 is 0. The molecule has 3 nitrogen and oxygen atoms in total. The van der Waals surface area contributed by atoms with E-state index in [1.54, 1.807) is 0 Å². The smallest absolute Gasteiger partial charge is 0.0995 e. The maximum absolute atomic E-state index is 9.25. The molecule has 1 aliphatic rings. The van der Waals surface area contributed by atoms with Crippen molar-refractivity contribution in [3.63, 3.8) is 0 Å². The highest BCUT2D eigenvalue weighted by atomic mass is 15.2. The molecule has 3 heteroatoms. The van der Waals surface area contributed by atoms with Crippen LogP contribution in [0.3, 0.4) is 0 Å². The van der Waals surface area contributed by atoms with Gasteiger partial charge in [0.05, 0.1) is 11.6 Å². The Morgan fingerprint density at radius 3 is 2.89 bits per heavy atom. The molecule has 2 atom stereocenters. The number of nitriles is 1. The quantitative estimate of drug-likeness (QED) is 0.882. The van der Waals surface area contributed by atoms with Gasteiger partial charge in [-0.3, -0.25) is 4.90 Å². The van der Waals surface area contributed by atoms with Crippen LogP contribution in [0.4, 0.5) is 0 Å². The second kappa shape index (κ2) is 5.99. The molecule has 1 heterocycles. The van der Waals surface area contributed by atoms with E-state index in [1.165, 1.54) is 0 Å². The number of benzene rings is 1. The molecule has 0 radical (unpaired) electrons. The zero-order valence-electron chi connectivity index (χ0n) is 11.0. The van der Waals surface area contributed by atoms with Crippen molar-refractivity contribution in [3.05, 3.63) is 35.4 Å². The molecule has 2 rings (SSSR count). The fourth-order valence-electron chi connectivity index (χ4n) is 3.02. The summed E-state index contributed by atoms with van der Waals surface area (Å²) in [5.74, 6) is 0.478. The van der Waals surface area contributed by atoms with Gasteiger partial charge in [0, 0.05) is 6.04 Å². The third kappa shape index (κ3) is 2.40. The zero-order chi connectivity index (χ0) is 13.0. The molecule has 2 N–H and O–H groups in total. The van der Waals surface area contributed by atoms with Gasteiger partial charge >= 0.3 is 0 Å². The lowest BCUT2D eigenvalue weighted by atomic mass is 9.91. The summed E-state index contributed by atoms with van der Waals surface area (Å²) < 4.78 is 0. The van der Waals surface area contributed by atoms with E-state index in [0.717, 1.165) is 37.1 Å². The summed E-state index contributed by atoms with van der Waals surface area (Å²) in [6, 6.07) is 10.6. The van der Waals surface area contributed by atoms with Crippen molar-refractivity contribution in [1.29, 1.82) is 5.26 Å². The van der Waals surface area contributed by atoms with Gasteiger partial charge in [0.2, 0.25) is 0 Å². The molecule has 0 amide bonds. The molecule has 0 bridgehead atoms. The van der Waals surface area contributed by atoms with Gasteiger partial charge in [0.15, 0.2) is 0 Å². The Morgan fingerprint density at radius 2 is 2.22 bits per heavy atom.